The molecule has 0 aliphatic carbocycles. The van der Waals surface area contributed by atoms with Gasteiger partial charge in [-0.3, -0.25) is 0 Å². The van der Waals surface area contributed by atoms with Crippen molar-refractivity contribution in [2.45, 2.75) is 21.3 Å². The summed E-state index contributed by atoms with van der Waals surface area (Å²) < 4.78 is 45.1. The molecular weight excluding hydrogens is 384 g/mol. The minimum Gasteiger partial charge on any atom is -0.229 e. The Morgan fingerprint density at radius 3 is 1.17 bits per heavy atom. The molecule has 0 radical (unpaired) electrons. The van der Waals surface area contributed by atoms with Gasteiger partial charge in [-0.05, 0) is 35.4 Å². The highest BCUT2D eigenvalue weighted by molar-refractivity contribution is 8.76. The molecular formula is C16H18O4S4. The van der Waals surface area contributed by atoms with Crippen molar-refractivity contribution < 1.29 is 16.8 Å². The van der Waals surface area contributed by atoms with E-state index >= 15 is 0 Å². The van der Waals surface area contributed by atoms with Crippen LogP contribution >= 0.6 is 21.6 Å². The number of benzene rings is 2. The van der Waals surface area contributed by atoms with Crippen molar-refractivity contribution in [3.8, 4) is 0 Å². The molecule has 0 bridgehead atoms. The molecule has 0 N–H and O–H groups in total. The normalized spacial score (nSPS) is 12.2. The van der Waals surface area contributed by atoms with Crippen LogP contribution in [-0.4, -0.2) is 29.3 Å². The van der Waals surface area contributed by atoms with Crippen molar-refractivity contribution in [2.75, 3.05) is 12.5 Å². The standard InChI is InChI=1S/C16H18O4S4/c1-23(17,18)11-13-3-7-15(8-4-13)21-22-16-9-5-14(6-10-16)12-24(2,19)20/h3-10H,11-12H2,1-2H3. The van der Waals surface area contributed by atoms with Crippen LogP contribution in [-0.2, 0) is 31.2 Å². The molecule has 0 saturated carbocycles. The van der Waals surface area contributed by atoms with Crippen LogP contribution in [0.2, 0.25) is 0 Å². The lowest BCUT2D eigenvalue weighted by atomic mass is 10.2. The molecule has 2 rings (SSSR count). The maximum Gasteiger partial charge on any atom is 0.151 e. The number of sulfone groups is 2. The third-order valence-electron chi connectivity index (χ3n) is 2.94. The second-order valence-electron chi connectivity index (χ2n) is 5.59. The minimum absolute atomic E-state index is 0.0485. The molecule has 24 heavy (non-hydrogen) atoms. The van der Waals surface area contributed by atoms with Gasteiger partial charge in [0.1, 0.15) is 0 Å². The van der Waals surface area contributed by atoms with E-state index in [1.54, 1.807) is 21.6 Å². The summed E-state index contributed by atoms with van der Waals surface area (Å²) in [6, 6.07) is 14.9. The summed E-state index contributed by atoms with van der Waals surface area (Å²) in [4.78, 5) is 2.05. The zero-order valence-electron chi connectivity index (χ0n) is 13.3. The average Bonchev–Trinajstić information content (AvgIpc) is 2.45. The lowest BCUT2D eigenvalue weighted by Gasteiger charge is -2.05. The summed E-state index contributed by atoms with van der Waals surface area (Å²) in [7, 11) is -2.90. The van der Waals surface area contributed by atoms with E-state index in [2.05, 4.69) is 0 Å². The monoisotopic (exact) mass is 402 g/mol. The molecule has 0 aromatic heterocycles. The first-order valence-electron chi connectivity index (χ1n) is 6.99. The van der Waals surface area contributed by atoms with Crippen molar-refractivity contribution >= 4 is 41.3 Å². The van der Waals surface area contributed by atoms with E-state index in [0.717, 1.165) is 20.9 Å². The molecule has 8 heteroatoms. The predicted molar refractivity (Wildman–Crippen MR) is 102 cm³/mol. The molecule has 0 heterocycles. The quantitative estimate of drug-likeness (QED) is 0.660. The predicted octanol–water partition coefficient (Wildman–Crippen LogP) is 3.58. The van der Waals surface area contributed by atoms with Crippen LogP contribution in [0.5, 0.6) is 0 Å². The first-order valence-corrected chi connectivity index (χ1v) is 13.3. The van der Waals surface area contributed by atoms with Crippen LogP contribution in [0.25, 0.3) is 0 Å². The molecule has 0 spiro atoms. The van der Waals surface area contributed by atoms with Crippen molar-refractivity contribution in [1.29, 1.82) is 0 Å². The van der Waals surface area contributed by atoms with Crippen molar-refractivity contribution in [3.05, 3.63) is 59.7 Å². The van der Waals surface area contributed by atoms with Crippen molar-refractivity contribution in [1.82, 2.24) is 0 Å². The van der Waals surface area contributed by atoms with E-state index in [1.165, 1.54) is 12.5 Å². The maximum absolute atomic E-state index is 11.3. The molecule has 2 aromatic rings. The van der Waals surface area contributed by atoms with E-state index in [-0.39, 0.29) is 11.5 Å². The molecule has 2 aromatic carbocycles. The van der Waals surface area contributed by atoms with Crippen LogP contribution in [0.15, 0.2) is 58.3 Å². The van der Waals surface area contributed by atoms with Crippen LogP contribution in [0.1, 0.15) is 11.1 Å². The zero-order valence-corrected chi connectivity index (χ0v) is 16.6. The molecule has 130 valence electrons. The Hall–Kier alpha value is -0.960. The highest BCUT2D eigenvalue weighted by Crippen LogP contribution is 2.37. The van der Waals surface area contributed by atoms with E-state index in [9.17, 15) is 16.8 Å². The fourth-order valence-corrected chi connectivity index (χ4v) is 5.51. The SMILES string of the molecule is CS(=O)(=O)Cc1ccc(SSc2ccc(CS(C)(=O)=O)cc2)cc1. The third-order valence-corrected chi connectivity index (χ3v) is 7.07. The first-order chi connectivity index (χ1) is 11.1. The maximum atomic E-state index is 11.3. The smallest absolute Gasteiger partial charge is 0.151 e. The zero-order chi connectivity index (χ0) is 17.8. The summed E-state index contributed by atoms with van der Waals surface area (Å²) in [5.74, 6) is 0.0970. The Morgan fingerprint density at radius 2 is 0.917 bits per heavy atom. The van der Waals surface area contributed by atoms with Gasteiger partial charge >= 0.3 is 0 Å². The van der Waals surface area contributed by atoms with Gasteiger partial charge in [0.05, 0.1) is 11.5 Å². The van der Waals surface area contributed by atoms with Crippen molar-refractivity contribution in [2.24, 2.45) is 0 Å². The third kappa shape index (κ3) is 7.29. The fourth-order valence-electron chi connectivity index (χ4n) is 1.98. The van der Waals surface area contributed by atoms with Gasteiger partial charge in [0.15, 0.2) is 19.7 Å². The van der Waals surface area contributed by atoms with Gasteiger partial charge in [-0.1, -0.05) is 45.9 Å². The van der Waals surface area contributed by atoms with Gasteiger partial charge in [0.25, 0.3) is 0 Å². The van der Waals surface area contributed by atoms with Crippen LogP contribution < -0.4 is 0 Å². The summed E-state index contributed by atoms with van der Waals surface area (Å²) in [6.45, 7) is 0. The molecule has 0 aliphatic heterocycles. The van der Waals surface area contributed by atoms with E-state index in [0.29, 0.717) is 0 Å². The summed E-state index contributed by atoms with van der Waals surface area (Å²) in [5.41, 5.74) is 1.55. The van der Waals surface area contributed by atoms with Gasteiger partial charge < -0.3 is 0 Å². The molecule has 0 unspecified atom stereocenters. The lowest BCUT2D eigenvalue weighted by molar-refractivity contribution is 0.599. The number of hydrogen-bond donors (Lipinski definition) is 0. The summed E-state index contributed by atoms with van der Waals surface area (Å²) >= 11 is 0. The average molecular weight is 403 g/mol. The Kier molecular flexibility index (Phi) is 6.41. The number of hydrogen-bond acceptors (Lipinski definition) is 6. The van der Waals surface area contributed by atoms with Crippen LogP contribution in [0, 0.1) is 0 Å². The second-order valence-corrected chi connectivity index (χ2v) is 12.2. The highest BCUT2D eigenvalue weighted by atomic mass is 33.1. The largest absolute Gasteiger partial charge is 0.229 e. The molecule has 0 fully saturated rings. The van der Waals surface area contributed by atoms with Gasteiger partial charge in [0.2, 0.25) is 0 Å². The first kappa shape index (κ1) is 19.4. The fraction of sp³-hybridized carbons (Fsp3) is 0.250. The molecule has 0 amide bonds. The second kappa shape index (κ2) is 7.95. The minimum atomic E-state index is -3.02. The molecule has 0 atom stereocenters. The van der Waals surface area contributed by atoms with E-state index in [1.807, 2.05) is 48.5 Å². The van der Waals surface area contributed by atoms with E-state index < -0.39 is 19.7 Å². The Morgan fingerprint density at radius 1 is 0.625 bits per heavy atom. The Labute approximate surface area is 151 Å². The van der Waals surface area contributed by atoms with Gasteiger partial charge in [-0.15, -0.1) is 0 Å². The van der Waals surface area contributed by atoms with Gasteiger partial charge in [0, 0.05) is 22.3 Å². The van der Waals surface area contributed by atoms with Crippen LogP contribution in [0.4, 0.5) is 0 Å². The van der Waals surface area contributed by atoms with Crippen LogP contribution in [0.3, 0.4) is 0 Å². The lowest BCUT2D eigenvalue weighted by Crippen LogP contribution is -2.00. The Balaban J connectivity index is 1.93. The molecule has 0 aliphatic rings. The highest BCUT2D eigenvalue weighted by Gasteiger charge is 2.06. The summed E-state index contributed by atoms with van der Waals surface area (Å²) in [6.07, 6.45) is 2.44. The Bertz CT molecular complexity index is 807. The van der Waals surface area contributed by atoms with Gasteiger partial charge in [-0.25, -0.2) is 16.8 Å². The molecule has 0 saturated heterocycles. The molecule has 4 nitrogen and oxygen atoms in total. The summed E-state index contributed by atoms with van der Waals surface area (Å²) in [5, 5.41) is 0. The van der Waals surface area contributed by atoms with E-state index in [4.69, 9.17) is 0 Å². The van der Waals surface area contributed by atoms with Crippen molar-refractivity contribution in [3.63, 3.8) is 0 Å². The number of rotatable bonds is 7. The van der Waals surface area contributed by atoms with Gasteiger partial charge in [-0.2, -0.15) is 0 Å². The topological polar surface area (TPSA) is 68.3 Å².